The summed E-state index contributed by atoms with van der Waals surface area (Å²) >= 11 is 6.12. The number of benzene rings is 1. The predicted octanol–water partition coefficient (Wildman–Crippen LogP) is 4.16. The van der Waals surface area contributed by atoms with E-state index in [0.29, 0.717) is 44.4 Å². The number of hydrogen-bond acceptors (Lipinski definition) is 4. The molecule has 3 saturated heterocycles. The molecule has 0 bridgehead atoms. The minimum absolute atomic E-state index is 0.0777. The standard InChI is InChI=1S/C25H35ClN2O4/c26-21-5-4-6-22(17-21)32-19-25(18-23(29)27-11-2-1-3-12-27)9-13-28(14-10-25)24(30)20-7-15-31-16-8-20/h4-6,17,20H,1-3,7-16,18-19H2. The fraction of sp³-hybridized carbons (Fsp3) is 0.680. The van der Waals surface area contributed by atoms with Gasteiger partial charge in [0.25, 0.3) is 0 Å². The van der Waals surface area contributed by atoms with Crippen molar-refractivity contribution in [2.24, 2.45) is 11.3 Å². The molecule has 0 unspecified atom stereocenters. The summed E-state index contributed by atoms with van der Waals surface area (Å²) in [6.07, 6.45) is 7.04. The van der Waals surface area contributed by atoms with Crippen LogP contribution < -0.4 is 4.74 Å². The van der Waals surface area contributed by atoms with Crippen molar-refractivity contribution in [1.82, 2.24) is 9.80 Å². The van der Waals surface area contributed by atoms with Gasteiger partial charge < -0.3 is 19.3 Å². The molecule has 0 aromatic heterocycles. The number of amides is 2. The van der Waals surface area contributed by atoms with Gasteiger partial charge in [-0.05, 0) is 63.1 Å². The lowest BCUT2D eigenvalue weighted by atomic mass is 9.75. The Labute approximate surface area is 196 Å². The summed E-state index contributed by atoms with van der Waals surface area (Å²) in [6, 6.07) is 7.41. The molecule has 0 spiro atoms. The second-order valence-electron chi connectivity index (χ2n) is 9.58. The lowest BCUT2D eigenvalue weighted by Crippen LogP contribution is -2.50. The second-order valence-corrected chi connectivity index (χ2v) is 10.0. The molecule has 6 nitrogen and oxygen atoms in total. The summed E-state index contributed by atoms with van der Waals surface area (Å²) < 4.78 is 11.6. The first kappa shape index (κ1) is 23.4. The molecule has 1 aromatic carbocycles. The number of piperidine rings is 2. The van der Waals surface area contributed by atoms with Crippen molar-refractivity contribution >= 4 is 23.4 Å². The van der Waals surface area contributed by atoms with E-state index in [1.165, 1.54) is 6.42 Å². The van der Waals surface area contributed by atoms with E-state index < -0.39 is 0 Å². The minimum atomic E-state index is -0.261. The number of rotatable bonds is 6. The average molecular weight is 463 g/mol. The summed E-state index contributed by atoms with van der Waals surface area (Å²) in [5.41, 5.74) is -0.261. The Morgan fingerprint density at radius 1 is 1.03 bits per heavy atom. The van der Waals surface area contributed by atoms with Crippen LogP contribution in [-0.2, 0) is 14.3 Å². The maximum absolute atomic E-state index is 13.2. The summed E-state index contributed by atoms with van der Waals surface area (Å²) in [5, 5.41) is 0.637. The number of hydrogen-bond donors (Lipinski definition) is 0. The predicted molar refractivity (Wildman–Crippen MR) is 124 cm³/mol. The average Bonchev–Trinajstić information content (AvgIpc) is 2.84. The van der Waals surface area contributed by atoms with Crippen molar-refractivity contribution in [3.63, 3.8) is 0 Å². The number of carbonyl (C=O) groups excluding carboxylic acids is 2. The van der Waals surface area contributed by atoms with Gasteiger partial charge in [-0.3, -0.25) is 9.59 Å². The van der Waals surface area contributed by atoms with E-state index in [0.717, 1.165) is 57.4 Å². The van der Waals surface area contributed by atoms with Crippen LogP contribution in [0.25, 0.3) is 0 Å². The molecule has 32 heavy (non-hydrogen) atoms. The van der Waals surface area contributed by atoms with Crippen molar-refractivity contribution < 1.29 is 19.1 Å². The van der Waals surface area contributed by atoms with Crippen LogP contribution in [0.1, 0.15) is 51.4 Å². The molecule has 0 N–H and O–H groups in total. The lowest BCUT2D eigenvalue weighted by molar-refractivity contribution is -0.143. The molecule has 0 atom stereocenters. The van der Waals surface area contributed by atoms with Gasteiger partial charge in [0, 0.05) is 62.2 Å². The van der Waals surface area contributed by atoms with Gasteiger partial charge in [-0.25, -0.2) is 0 Å². The SMILES string of the molecule is O=C(CC1(COc2cccc(Cl)c2)CCN(C(=O)C2CCOCC2)CC1)N1CCCCC1. The third-order valence-corrected chi connectivity index (χ3v) is 7.52. The smallest absolute Gasteiger partial charge is 0.225 e. The maximum atomic E-state index is 13.2. The molecule has 3 aliphatic rings. The Morgan fingerprint density at radius 3 is 2.44 bits per heavy atom. The van der Waals surface area contributed by atoms with E-state index in [9.17, 15) is 9.59 Å². The van der Waals surface area contributed by atoms with Crippen molar-refractivity contribution in [2.75, 3.05) is 46.0 Å². The molecule has 3 fully saturated rings. The molecule has 0 aliphatic carbocycles. The molecule has 1 aromatic rings. The molecule has 7 heteroatoms. The monoisotopic (exact) mass is 462 g/mol. The number of nitrogens with zero attached hydrogens (tertiary/aromatic N) is 2. The molecule has 0 radical (unpaired) electrons. The quantitative estimate of drug-likeness (QED) is 0.637. The van der Waals surface area contributed by atoms with Crippen molar-refractivity contribution in [2.45, 2.75) is 51.4 Å². The van der Waals surface area contributed by atoms with Gasteiger partial charge in [-0.2, -0.15) is 0 Å². The molecule has 3 aliphatic heterocycles. The van der Waals surface area contributed by atoms with Gasteiger partial charge in [-0.1, -0.05) is 17.7 Å². The molecular formula is C25H35ClN2O4. The summed E-state index contributed by atoms with van der Waals surface area (Å²) in [6.45, 7) is 4.89. The van der Waals surface area contributed by atoms with E-state index in [-0.39, 0.29) is 23.1 Å². The molecular weight excluding hydrogens is 428 g/mol. The van der Waals surface area contributed by atoms with Crippen LogP contribution in [0.3, 0.4) is 0 Å². The third kappa shape index (κ3) is 5.96. The Bertz CT molecular complexity index is 782. The number of halogens is 1. The summed E-state index contributed by atoms with van der Waals surface area (Å²) in [5.74, 6) is 1.28. The third-order valence-electron chi connectivity index (χ3n) is 7.28. The molecule has 2 amide bonds. The van der Waals surface area contributed by atoms with Crippen LogP contribution in [0.15, 0.2) is 24.3 Å². The number of carbonyl (C=O) groups is 2. The van der Waals surface area contributed by atoms with Crippen molar-refractivity contribution in [3.05, 3.63) is 29.3 Å². The zero-order valence-corrected chi connectivity index (χ0v) is 19.7. The second kappa shape index (κ2) is 10.9. The van der Waals surface area contributed by atoms with E-state index in [1.54, 1.807) is 0 Å². The highest BCUT2D eigenvalue weighted by molar-refractivity contribution is 6.30. The van der Waals surface area contributed by atoms with E-state index >= 15 is 0 Å². The molecule has 3 heterocycles. The van der Waals surface area contributed by atoms with Crippen molar-refractivity contribution in [3.8, 4) is 5.75 Å². The number of likely N-dealkylation sites (tertiary alicyclic amines) is 2. The number of ether oxygens (including phenoxy) is 2. The van der Waals surface area contributed by atoms with E-state index in [2.05, 4.69) is 0 Å². The van der Waals surface area contributed by atoms with Gasteiger partial charge in [-0.15, -0.1) is 0 Å². The van der Waals surface area contributed by atoms with Crippen LogP contribution in [0.5, 0.6) is 5.75 Å². The zero-order chi connectivity index (χ0) is 22.4. The fourth-order valence-corrected chi connectivity index (χ4v) is 5.33. The van der Waals surface area contributed by atoms with E-state index in [4.69, 9.17) is 21.1 Å². The Hall–Kier alpha value is -1.79. The van der Waals surface area contributed by atoms with Gasteiger partial charge in [0.15, 0.2) is 0 Å². The Morgan fingerprint density at radius 2 is 1.75 bits per heavy atom. The van der Waals surface area contributed by atoms with Gasteiger partial charge in [0.2, 0.25) is 11.8 Å². The van der Waals surface area contributed by atoms with Gasteiger partial charge in [0.1, 0.15) is 5.75 Å². The van der Waals surface area contributed by atoms with Crippen LogP contribution in [0.2, 0.25) is 5.02 Å². The molecule has 4 rings (SSSR count). The van der Waals surface area contributed by atoms with Crippen LogP contribution >= 0.6 is 11.6 Å². The summed E-state index contributed by atoms with van der Waals surface area (Å²) in [4.78, 5) is 30.2. The van der Waals surface area contributed by atoms with Gasteiger partial charge in [0.05, 0.1) is 6.61 Å². The summed E-state index contributed by atoms with van der Waals surface area (Å²) in [7, 11) is 0. The van der Waals surface area contributed by atoms with Crippen LogP contribution in [0.4, 0.5) is 0 Å². The first-order valence-electron chi connectivity index (χ1n) is 12.1. The Kier molecular flexibility index (Phi) is 7.95. The maximum Gasteiger partial charge on any atom is 0.225 e. The molecule has 0 saturated carbocycles. The largest absolute Gasteiger partial charge is 0.493 e. The van der Waals surface area contributed by atoms with Crippen LogP contribution in [-0.4, -0.2) is 67.6 Å². The lowest BCUT2D eigenvalue weighted by Gasteiger charge is -2.43. The van der Waals surface area contributed by atoms with E-state index in [1.807, 2.05) is 34.1 Å². The minimum Gasteiger partial charge on any atom is -0.493 e. The van der Waals surface area contributed by atoms with Crippen LogP contribution in [0, 0.1) is 11.3 Å². The topological polar surface area (TPSA) is 59.1 Å². The highest BCUT2D eigenvalue weighted by Gasteiger charge is 2.41. The first-order valence-corrected chi connectivity index (χ1v) is 12.5. The molecule has 176 valence electrons. The first-order chi connectivity index (χ1) is 15.5. The fourth-order valence-electron chi connectivity index (χ4n) is 5.15. The van der Waals surface area contributed by atoms with Crippen molar-refractivity contribution in [1.29, 1.82) is 0 Å². The highest BCUT2D eigenvalue weighted by Crippen LogP contribution is 2.38. The Balaban J connectivity index is 1.41. The zero-order valence-electron chi connectivity index (χ0n) is 18.9. The highest BCUT2D eigenvalue weighted by atomic mass is 35.5. The van der Waals surface area contributed by atoms with Gasteiger partial charge >= 0.3 is 0 Å². The normalized spacial score (nSPS) is 21.9.